The van der Waals surface area contributed by atoms with E-state index in [1.54, 1.807) is 0 Å². The van der Waals surface area contributed by atoms with Crippen LogP contribution in [0.1, 0.15) is 36.0 Å². The molecular formula is C13H18N4O3. The van der Waals surface area contributed by atoms with E-state index in [4.69, 9.17) is 10.8 Å². The second-order valence-electron chi connectivity index (χ2n) is 4.80. The molecule has 108 valence electrons. The smallest absolute Gasteiger partial charge is 0.337 e. The van der Waals surface area contributed by atoms with Crippen molar-refractivity contribution in [3.8, 4) is 0 Å². The summed E-state index contributed by atoms with van der Waals surface area (Å²) in [5, 5.41) is 14.8. The van der Waals surface area contributed by atoms with E-state index >= 15 is 0 Å². The molecule has 1 heterocycles. The maximum atomic E-state index is 11.5. The van der Waals surface area contributed by atoms with Gasteiger partial charge in [0.2, 0.25) is 5.91 Å². The van der Waals surface area contributed by atoms with Crippen LogP contribution in [-0.2, 0) is 4.79 Å². The monoisotopic (exact) mass is 278 g/mol. The lowest BCUT2D eigenvalue weighted by molar-refractivity contribution is -0.121. The van der Waals surface area contributed by atoms with Crippen molar-refractivity contribution in [1.29, 1.82) is 0 Å². The lowest BCUT2D eigenvalue weighted by atomic mass is 10.2. The third-order valence-electron chi connectivity index (χ3n) is 3.04. The Bertz CT molecular complexity index is 514. The van der Waals surface area contributed by atoms with Crippen LogP contribution in [-0.4, -0.2) is 34.6 Å². The summed E-state index contributed by atoms with van der Waals surface area (Å²) in [7, 11) is 0. The average molecular weight is 278 g/mol. The largest absolute Gasteiger partial charge is 0.478 e. The molecule has 20 heavy (non-hydrogen) atoms. The Morgan fingerprint density at radius 2 is 2.20 bits per heavy atom. The molecule has 0 radical (unpaired) electrons. The highest BCUT2D eigenvalue weighted by atomic mass is 16.4. The summed E-state index contributed by atoms with van der Waals surface area (Å²) < 4.78 is 0. The number of anilines is 2. The fraction of sp³-hybridized carbons (Fsp3) is 0.462. The molecule has 0 unspecified atom stereocenters. The molecule has 0 aromatic carbocycles. The number of carboxylic acid groups (broad SMARTS) is 1. The number of amides is 1. The first-order valence-corrected chi connectivity index (χ1v) is 6.59. The first-order chi connectivity index (χ1) is 9.58. The lowest BCUT2D eigenvalue weighted by Gasteiger charge is -2.09. The van der Waals surface area contributed by atoms with Gasteiger partial charge in [-0.1, -0.05) is 0 Å². The topological polar surface area (TPSA) is 117 Å². The van der Waals surface area contributed by atoms with E-state index in [1.165, 1.54) is 12.3 Å². The van der Waals surface area contributed by atoms with Gasteiger partial charge in [0.15, 0.2) is 0 Å². The van der Waals surface area contributed by atoms with Gasteiger partial charge in [0, 0.05) is 25.2 Å². The highest BCUT2D eigenvalue weighted by molar-refractivity contribution is 5.96. The Balaban J connectivity index is 1.77. The number of rotatable bonds is 7. The van der Waals surface area contributed by atoms with Crippen molar-refractivity contribution in [2.45, 2.75) is 31.7 Å². The van der Waals surface area contributed by atoms with Gasteiger partial charge in [-0.2, -0.15) is 0 Å². The zero-order valence-electron chi connectivity index (χ0n) is 11.1. The number of hydrogen-bond donors (Lipinski definition) is 4. The SMILES string of the molecule is Nc1c(C(=O)O)ccnc1NCCCC(=O)NC1CC1. The fourth-order valence-corrected chi connectivity index (χ4v) is 1.78. The van der Waals surface area contributed by atoms with Gasteiger partial charge < -0.3 is 21.5 Å². The van der Waals surface area contributed by atoms with Crippen LogP contribution in [0, 0.1) is 0 Å². The molecule has 1 aliphatic rings. The molecular weight excluding hydrogens is 260 g/mol. The van der Waals surface area contributed by atoms with Crippen LogP contribution in [0.4, 0.5) is 11.5 Å². The van der Waals surface area contributed by atoms with Crippen molar-refractivity contribution >= 4 is 23.4 Å². The minimum absolute atomic E-state index is 0.0222. The number of pyridine rings is 1. The van der Waals surface area contributed by atoms with Crippen LogP contribution in [0.15, 0.2) is 12.3 Å². The first kappa shape index (κ1) is 14.1. The zero-order chi connectivity index (χ0) is 14.5. The van der Waals surface area contributed by atoms with Crippen LogP contribution in [0.25, 0.3) is 0 Å². The van der Waals surface area contributed by atoms with Crippen molar-refractivity contribution in [3.63, 3.8) is 0 Å². The lowest BCUT2D eigenvalue weighted by Crippen LogP contribution is -2.25. The van der Waals surface area contributed by atoms with Gasteiger partial charge in [0.05, 0.1) is 11.3 Å². The van der Waals surface area contributed by atoms with Crippen molar-refractivity contribution in [2.24, 2.45) is 0 Å². The molecule has 1 fully saturated rings. The Labute approximate surface area is 116 Å². The van der Waals surface area contributed by atoms with Crippen LogP contribution in [0.5, 0.6) is 0 Å². The average Bonchev–Trinajstić information content (AvgIpc) is 3.19. The van der Waals surface area contributed by atoms with E-state index < -0.39 is 5.97 Å². The number of carbonyl (C=O) groups excluding carboxylic acids is 1. The minimum Gasteiger partial charge on any atom is -0.478 e. The molecule has 0 spiro atoms. The van der Waals surface area contributed by atoms with E-state index in [0.717, 1.165) is 12.8 Å². The molecule has 1 aromatic rings. The number of nitrogen functional groups attached to an aromatic ring is 1. The molecule has 2 rings (SSSR count). The van der Waals surface area contributed by atoms with Crippen molar-refractivity contribution in [2.75, 3.05) is 17.6 Å². The van der Waals surface area contributed by atoms with Gasteiger partial charge in [-0.3, -0.25) is 4.79 Å². The number of carboxylic acids is 1. The normalized spacial score (nSPS) is 13.8. The Morgan fingerprint density at radius 3 is 2.85 bits per heavy atom. The van der Waals surface area contributed by atoms with Gasteiger partial charge in [0.1, 0.15) is 5.82 Å². The molecule has 0 atom stereocenters. The number of nitrogens with one attached hydrogen (secondary N) is 2. The second-order valence-corrected chi connectivity index (χ2v) is 4.80. The van der Waals surface area contributed by atoms with Gasteiger partial charge in [-0.15, -0.1) is 0 Å². The van der Waals surface area contributed by atoms with E-state index in [2.05, 4.69) is 15.6 Å². The van der Waals surface area contributed by atoms with E-state index in [-0.39, 0.29) is 17.2 Å². The highest BCUT2D eigenvalue weighted by Gasteiger charge is 2.22. The molecule has 7 nitrogen and oxygen atoms in total. The van der Waals surface area contributed by atoms with Crippen molar-refractivity contribution in [1.82, 2.24) is 10.3 Å². The predicted molar refractivity (Wildman–Crippen MR) is 74.5 cm³/mol. The Kier molecular flexibility index (Phi) is 4.39. The molecule has 5 N–H and O–H groups in total. The quantitative estimate of drug-likeness (QED) is 0.549. The summed E-state index contributed by atoms with van der Waals surface area (Å²) in [6.45, 7) is 0.512. The van der Waals surface area contributed by atoms with Crippen LogP contribution < -0.4 is 16.4 Å². The molecule has 1 aliphatic carbocycles. The predicted octanol–water partition coefficient (Wildman–Crippen LogP) is 0.833. The minimum atomic E-state index is -1.09. The number of nitrogens with zero attached hydrogens (tertiary/aromatic N) is 1. The summed E-state index contributed by atoms with van der Waals surface area (Å²) in [4.78, 5) is 26.4. The molecule has 1 saturated carbocycles. The standard InChI is InChI=1S/C13H18N4O3/c14-11-9(13(19)20)5-7-16-12(11)15-6-1-2-10(18)17-8-3-4-8/h5,7-8H,1-4,6,14H2,(H,15,16)(H,17,18)(H,19,20). The third kappa shape index (κ3) is 3.84. The Hall–Kier alpha value is -2.31. The highest BCUT2D eigenvalue weighted by Crippen LogP contribution is 2.20. The first-order valence-electron chi connectivity index (χ1n) is 6.59. The summed E-state index contributed by atoms with van der Waals surface area (Å²) in [6, 6.07) is 1.73. The summed E-state index contributed by atoms with van der Waals surface area (Å²) in [5.41, 5.74) is 5.85. The van der Waals surface area contributed by atoms with Gasteiger partial charge in [-0.25, -0.2) is 9.78 Å². The summed E-state index contributed by atoms with van der Waals surface area (Å²) in [6.07, 6.45) is 4.61. The number of hydrogen-bond acceptors (Lipinski definition) is 5. The molecule has 1 amide bonds. The maximum Gasteiger partial charge on any atom is 0.337 e. The third-order valence-corrected chi connectivity index (χ3v) is 3.04. The molecule has 7 heteroatoms. The maximum absolute atomic E-state index is 11.5. The summed E-state index contributed by atoms with van der Waals surface area (Å²) >= 11 is 0. The van der Waals surface area contributed by atoms with Gasteiger partial charge in [-0.05, 0) is 25.3 Å². The van der Waals surface area contributed by atoms with Crippen molar-refractivity contribution in [3.05, 3.63) is 17.8 Å². The fourth-order valence-electron chi connectivity index (χ4n) is 1.78. The van der Waals surface area contributed by atoms with Crippen LogP contribution in [0.3, 0.4) is 0 Å². The van der Waals surface area contributed by atoms with Crippen molar-refractivity contribution < 1.29 is 14.7 Å². The number of aromatic nitrogens is 1. The summed E-state index contributed by atoms with van der Waals surface area (Å²) in [5.74, 6) is -0.696. The van der Waals surface area contributed by atoms with E-state index in [9.17, 15) is 9.59 Å². The second kappa shape index (κ2) is 6.23. The van der Waals surface area contributed by atoms with E-state index in [0.29, 0.717) is 31.2 Å². The van der Waals surface area contributed by atoms with Gasteiger partial charge in [0.25, 0.3) is 0 Å². The molecule has 0 bridgehead atoms. The molecule has 1 aromatic heterocycles. The number of nitrogens with two attached hydrogens (primary N) is 1. The van der Waals surface area contributed by atoms with E-state index in [1.807, 2.05) is 0 Å². The molecule has 0 aliphatic heterocycles. The number of aromatic carboxylic acids is 1. The van der Waals surface area contributed by atoms with Crippen LogP contribution >= 0.6 is 0 Å². The number of carbonyl (C=O) groups is 2. The molecule has 0 saturated heterocycles. The zero-order valence-corrected chi connectivity index (χ0v) is 11.1. The van der Waals surface area contributed by atoms with Crippen LogP contribution in [0.2, 0.25) is 0 Å². The van der Waals surface area contributed by atoms with Gasteiger partial charge >= 0.3 is 5.97 Å². The Morgan fingerprint density at radius 1 is 1.45 bits per heavy atom.